The van der Waals surface area contributed by atoms with Crippen molar-refractivity contribution < 1.29 is 9.13 Å². The zero-order chi connectivity index (χ0) is 15.0. The molecule has 0 aliphatic carbocycles. The van der Waals surface area contributed by atoms with E-state index in [9.17, 15) is 4.39 Å². The number of nitrogens with zero attached hydrogens (tertiary/aromatic N) is 3. The van der Waals surface area contributed by atoms with Crippen molar-refractivity contribution in [1.29, 1.82) is 0 Å². The molecule has 2 N–H and O–H groups in total. The third-order valence-electron chi connectivity index (χ3n) is 3.49. The van der Waals surface area contributed by atoms with Gasteiger partial charge in [0.1, 0.15) is 11.3 Å². The minimum atomic E-state index is -0.269. The number of halogens is 1. The van der Waals surface area contributed by atoms with Crippen molar-refractivity contribution >= 4 is 17.1 Å². The summed E-state index contributed by atoms with van der Waals surface area (Å²) in [5, 5.41) is 0. The largest absolute Gasteiger partial charge is 0.481 e. The van der Waals surface area contributed by atoms with Gasteiger partial charge in [-0.25, -0.2) is 9.37 Å². The minimum absolute atomic E-state index is 0.116. The standard InChI is InChI=1S/C15H15FN4O/c1-9(10-3-5-11(16)6-4-10)20-14-12(18-15(20)17)7-8-13(19-14)21-2/h3-9H,1-2H3,(H2,17,18). The molecular weight excluding hydrogens is 271 g/mol. The molecule has 2 aromatic heterocycles. The lowest BCUT2D eigenvalue weighted by molar-refractivity contribution is 0.399. The van der Waals surface area contributed by atoms with Gasteiger partial charge >= 0.3 is 0 Å². The lowest BCUT2D eigenvalue weighted by Crippen LogP contribution is -2.11. The quantitative estimate of drug-likeness (QED) is 0.804. The first-order valence-electron chi connectivity index (χ1n) is 6.54. The van der Waals surface area contributed by atoms with Crippen molar-refractivity contribution in [1.82, 2.24) is 14.5 Å². The van der Waals surface area contributed by atoms with Crippen molar-refractivity contribution in [3.8, 4) is 5.88 Å². The molecule has 1 aromatic carbocycles. The summed E-state index contributed by atoms with van der Waals surface area (Å²) >= 11 is 0. The molecule has 0 saturated carbocycles. The van der Waals surface area contributed by atoms with Crippen LogP contribution in [-0.2, 0) is 0 Å². The molecular formula is C15H15FN4O. The van der Waals surface area contributed by atoms with Gasteiger partial charge in [0, 0.05) is 6.07 Å². The first kappa shape index (κ1) is 13.4. The van der Waals surface area contributed by atoms with Gasteiger partial charge in [0.2, 0.25) is 11.8 Å². The first-order chi connectivity index (χ1) is 10.1. The predicted molar refractivity (Wildman–Crippen MR) is 78.7 cm³/mol. The van der Waals surface area contributed by atoms with Gasteiger partial charge in [-0.15, -0.1) is 0 Å². The van der Waals surface area contributed by atoms with Crippen molar-refractivity contribution in [2.24, 2.45) is 0 Å². The zero-order valence-electron chi connectivity index (χ0n) is 11.7. The maximum absolute atomic E-state index is 13.1. The molecule has 0 aliphatic rings. The van der Waals surface area contributed by atoms with Gasteiger partial charge in [-0.2, -0.15) is 4.98 Å². The lowest BCUT2D eigenvalue weighted by atomic mass is 10.1. The van der Waals surface area contributed by atoms with Gasteiger partial charge in [0.05, 0.1) is 13.2 Å². The highest BCUT2D eigenvalue weighted by Gasteiger charge is 2.17. The van der Waals surface area contributed by atoms with Crippen LogP contribution in [0.4, 0.5) is 10.3 Å². The van der Waals surface area contributed by atoms with E-state index in [4.69, 9.17) is 10.5 Å². The average molecular weight is 286 g/mol. The number of hydrogen-bond donors (Lipinski definition) is 1. The van der Waals surface area contributed by atoms with E-state index in [-0.39, 0.29) is 11.9 Å². The van der Waals surface area contributed by atoms with E-state index in [0.29, 0.717) is 23.0 Å². The summed E-state index contributed by atoms with van der Waals surface area (Å²) in [6.07, 6.45) is 0. The van der Waals surface area contributed by atoms with E-state index in [1.54, 1.807) is 25.3 Å². The fourth-order valence-corrected chi connectivity index (χ4v) is 2.36. The Bertz CT molecular complexity index is 782. The second-order valence-electron chi connectivity index (χ2n) is 4.76. The summed E-state index contributed by atoms with van der Waals surface area (Å²) < 4.78 is 20.0. The maximum Gasteiger partial charge on any atom is 0.215 e. The highest BCUT2D eigenvalue weighted by molar-refractivity contribution is 5.75. The monoisotopic (exact) mass is 286 g/mol. The minimum Gasteiger partial charge on any atom is -0.481 e. The van der Waals surface area contributed by atoms with Crippen molar-refractivity contribution in [2.75, 3.05) is 12.8 Å². The van der Waals surface area contributed by atoms with Gasteiger partial charge in [0.15, 0.2) is 5.65 Å². The smallest absolute Gasteiger partial charge is 0.215 e. The zero-order valence-corrected chi connectivity index (χ0v) is 11.7. The molecule has 0 radical (unpaired) electrons. The number of anilines is 1. The Morgan fingerprint density at radius 3 is 2.52 bits per heavy atom. The number of imidazole rings is 1. The maximum atomic E-state index is 13.1. The topological polar surface area (TPSA) is 66.0 Å². The number of aromatic nitrogens is 3. The lowest BCUT2D eigenvalue weighted by Gasteiger charge is -2.16. The number of hydrogen-bond acceptors (Lipinski definition) is 4. The molecule has 0 bridgehead atoms. The van der Waals surface area contributed by atoms with Crippen LogP contribution in [0.25, 0.3) is 11.2 Å². The SMILES string of the molecule is COc1ccc2nc(N)n(C(C)c3ccc(F)cc3)c2n1. The van der Waals surface area contributed by atoms with E-state index in [0.717, 1.165) is 5.56 Å². The van der Waals surface area contributed by atoms with Gasteiger partial charge in [-0.05, 0) is 30.7 Å². The number of rotatable bonds is 3. The Balaban J connectivity index is 2.14. The molecule has 3 rings (SSSR count). The number of nitrogens with two attached hydrogens (primary N) is 1. The molecule has 5 nitrogen and oxygen atoms in total. The number of methoxy groups -OCH3 is 1. The van der Waals surface area contributed by atoms with E-state index in [2.05, 4.69) is 9.97 Å². The van der Waals surface area contributed by atoms with E-state index in [1.165, 1.54) is 12.1 Å². The van der Waals surface area contributed by atoms with Crippen LogP contribution < -0.4 is 10.5 Å². The van der Waals surface area contributed by atoms with E-state index < -0.39 is 0 Å². The van der Waals surface area contributed by atoms with Crippen molar-refractivity contribution in [3.05, 3.63) is 47.8 Å². The van der Waals surface area contributed by atoms with Crippen LogP contribution in [0.5, 0.6) is 5.88 Å². The van der Waals surface area contributed by atoms with Crippen LogP contribution >= 0.6 is 0 Å². The molecule has 1 atom stereocenters. The molecule has 1 unspecified atom stereocenters. The Hall–Kier alpha value is -2.63. The summed E-state index contributed by atoms with van der Waals surface area (Å²) in [5.74, 6) is 0.590. The normalized spacial score (nSPS) is 12.5. The molecule has 0 spiro atoms. The highest BCUT2D eigenvalue weighted by Crippen LogP contribution is 2.27. The van der Waals surface area contributed by atoms with Crippen LogP contribution in [0.1, 0.15) is 18.5 Å². The summed E-state index contributed by atoms with van der Waals surface area (Å²) in [4.78, 5) is 8.70. The third kappa shape index (κ3) is 2.29. The summed E-state index contributed by atoms with van der Waals surface area (Å²) in [5.41, 5.74) is 8.27. The molecule has 108 valence electrons. The van der Waals surface area contributed by atoms with E-state index >= 15 is 0 Å². The van der Waals surface area contributed by atoms with Gasteiger partial charge < -0.3 is 10.5 Å². The number of pyridine rings is 1. The Labute approximate surface area is 121 Å². The highest BCUT2D eigenvalue weighted by atomic mass is 19.1. The molecule has 21 heavy (non-hydrogen) atoms. The van der Waals surface area contributed by atoms with Gasteiger partial charge in [-0.3, -0.25) is 4.57 Å². The van der Waals surface area contributed by atoms with Gasteiger partial charge in [0.25, 0.3) is 0 Å². The van der Waals surface area contributed by atoms with Crippen LogP contribution in [0.2, 0.25) is 0 Å². The summed E-state index contributed by atoms with van der Waals surface area (Å²) in [6, 6.07) is 9.74. The van der Waals surface area contributed by atoms with Crippen LogP contribution in [0.15, 0.2) is 36.4 Å². The van der Waals surface area contributed by atoms with E-state index in [1.807, 2.05) is 17.6 Å². The molecule has 2 heterocycles. The molecule has 3 aromatic rings. The Morgan fingerprint density at radius 2 is 1.86 bits per heavy atom. The van der Waals surface area contributed by atoms with Gasteiger partial charge in [-0.1, -0.05) is 12.1 Å². The second-order valence-corrected chi connectivity index (χ2v) is 4.76. The molecule has 0 fully saturated rings. The molecule has 0 aliphatic heterocycles. The number of nitrogen functional groups attached to an aromatic ring is 1. The van der Waals surface area contributed by atoms with Crippen molar-refractivity contribution in [2.45, 2.75) is 13.0 Å². The first-order valence-corrected chi connectivity index (χ1v) is 6.54. The van der Waals surface area contributed by atoms with Crippen LogP contribution in [0, 0.1) is 5.82 Å². The second kappa shape index (κ2) is 5.05. The summed E-state index contributed by atoms with van der Waals surface area (Å²) in [7, 11) is 1.56. The number of ether oxygens (including phenoxy) is 1. The molecule has 0 saturated heterocycles. The average Bonchev–Trinajstić information content (AvgIpc) is 2.82. The third-order valence-corrected chi connectivity index (χ3v) is 3.49. The fourth-order valence-electron chi connectivity index (χ4n) is 2.36. The van der Waals surface area contributed by atoms with Crippen LogP contribution in [0.3, 0.4) is 0 Å². The molecule has 6 heteroatoms. The Morgan fingerprint density at radius 1 is 1.14 bits per heavy atom. The predicted octanol–water partition coefficient (Wildman–Crippen LogP) is 2.77. The van der Waals surface area contributed by atoms with Crippen molar-refractivity contribution in [3.63, 3.8) is 0 Å². The fraction of sp³-hybridized carbons (Fsp3) is 0.200. The summed E-state index contributed by atoms with van der Waals surface area (Å²) in [6.45, 7) is 1.96. The Kier molecular flexibility index (Phi) is 3.21. The number of benzene rings is 1. The number of fused-ring (bicyclic) bond motifs is 1. The van der Waals surface area contributed by atoms with Crippen LogP contribution in [-0.4, -0.2) is 21.6 Å². The molecule has 0 amide bonds.